The molecule has 0 radical (unpaired) electrons. The highest BCUT2D eigenvalue weighted by Crippen LogP contribution is 2.25. The average molecular weight is 260 g/mol. The van der Waals surface area contributed by atoms with Crippen LogP contribution < -0.4 is 5.43 Å². The largest absolute Gasteiger partial charge is 0.477 e. The number of halogens is 3. The molecule has 0 bridgehead atoms. The summed E-state index contributed by atoms with van der Waals surface area (Å²) in [6.07, 6.45) is 0.885. The lowest BCUT2D eigenvalue weighted by atomic mass is 10.1. The number of fused-ring (bicyclic) bond motifs is 1. The predicted octanol–water partition coefficient (Wildman–Crippen LogP) is 2.16. The van der Waals surface area contributed by atoms with Gasteiger partial charge in [-0.2, -0.15) is 0 Å². The van der Waals surface area contributed by atoms with Gasteiger partial charge in [-0.1, -0.05) is 11.6 Å². The Morgan fingerprint density at radius 3 is 2.65 bits per heavy atom. The first kappa shape index (κ1) is 11.5. The Balaban J connectivity index is 2.98. The van der Waals surface area contributed by atoms with Gasteiger partial charge in [0.1, 0.15) is 10.6 Å². The molecule has 0 spiro atoms. The Morgan fingerprint density at radius 2 is 2.06 bits per heavy atom. The lowest BCUT2D eigenvalue weighted by Gasteiger charge is -2.03. The molecule has 17 heavy (non-hydrogen) atoms. The van der Waals surface area contributed by atoms with Crippen molar-refractivity contribution in [2.45, 2.75) is 0 Å². The molecule has 88 valence electrons. The first-order valence-corrected chi connectivity index (χ1v) is 4.73. The number of hydrogen-bond acceptors (Lipinski definition) is 2. The molecule has 2 aromatic rings. The zero-order valence-corrected chi connectivity index (χ0v) is 8.81. The van der Waals surface area contributed by atoms with Crippen LogP contribution >= 0.6 is 11.6 Å². The lowest BCUT2D eigenvalue weighted by Crippen LogP contribution is -2.16. The molecule has 0 saturated heterocycles. The molecule has 2 N–H and O–H groups in total. The predicted molar refractivity (Wildman–Crippen MR) is 56.5 cm³/mol. The zero-order chi connectivity index (χ0) is 12.7. The molecule has 0 atom stereocenters. The Bertz CT molecular complexity index is 696. The van der Waals surface area contributed by atoms with Crippen LogP contribution in [0.15, 0.2) is 17.1 Å². The summed E-state index contributed by atoms with van der Waals surface area (Å²) in [6, 6.07) is 0.613. The highest BCUT2D eigenvalue weighted by atomic mass is 35.5. The average Bonchev–Trinajstić information content (AvgIpc) is 2.27. The van der Waals surface area contributed by atoms with E-state index >= 15 is 0 Å². The van der Waals surface area contributed by atoms with E-state index in [1.165, 1.54) is 0 Å². The van der Waals surface area contributed by atoms with Crippen molar-refractivity contribution in [1.29, 1.82) is 0 Å². The van der Waals surface area contributed by atoms with Crippen LogP contribution in [0.1, 0.15) is 10.4 Å². The summed E-state index contributed by atoms with van der Waals surface area (Å²) >= 11 is 5.50. The molecule has 0 unspecified atom stereocenters. The van der Waals surface area contributed by atoms with E-state index in [-0.39, 0.29) is 10.9 Å². The number of aromatic nitrogens is 1. The summed E-state index contributed by atoms with van der Waals surface area (Å²) in [4.78, 5) is 24.7. The molecule has 4 nitrogen and oxygen atoms in total. The van der Waals surface area contributed by atoms with Crippen molar-refractivity contribution in [3.05, 3.63) is 44.7 Å². The van der Waals surface area contributed by atoms with Crippen molar-refractivity contribution in [2.24, 2.45) is 0 Å². The summed E-state index contributed by atoms with van der Waals surface area (Å²) in [5.41, 5.74) is -1.63. The van der Waals surface area contributed by atoms with Gasteiger partial charge in [0.25, 0.3) is 0 Å². The lowest BCUT2D eigenvalue weighted by molar-refractivity contribution is 0.0695. The van der Waals surface area contributed by atoms with Gasteiger partial charge >= 0.3 is 5.97 Å². The van der Waals surface area contributed by atoms with Gasteiger partial charge in [0.2, 0.25) is 5.43 Å². The molecule has 0 saturated carbocycles. The quantitative estimate of drug-likeness (QED) is 0.771. The molecule has 0 fully saturated rings. The Kier molecular flexibility index (Phi) is 2.59. The Morgan fingerprint density at radius 1 is 1.41 bits per heavy atom. The molecule has 0 aliphatic carbocycles. The van der Waals surface area contributed by atoms with E-state index in [9.17, 15) is 18.4 Å². The van der Waals surface area contributed by atoms with E-state index in [1.54, 1.807) is 0 Å². The van der Waals surface area contributed by atoms with E-state index in [1.807, 2.05) is 0 Å². The van der Waals surface area contributed by atoms with Crippen molar-refractivity contribution in [3.8, 4) is 0 Å². The fourth-order valence-corrected chi connectivity index (χ4v) is 1.68. The number of H-pyrrole nitrogens is 1. The molecule has 1 heterocycles. The van der Waals surface area contributed by atoms with E-state index in [0.717, 1.165) is 6.20 Å². The van der Waals surface area contributed by atoms with Crippen LogP contribution in [0.4, 0.5) is 8.78 Å². The number of pyridine rings is 1. The Hall–Kier alpha value is -1.95. The minimum atomic E-state index is -1.46. The fourth-order valence-electron chi connectivity index (χ4n) is 1.43. The SMILES string of the molecule is O=C(O)c1c[nH]c2c(Cl)c(F)c(F)cc2c1=O. The fraction of sp³-hybridized carbons (Fsp3) is 0. The van der Waals surface area contributed by atoms with Crippen molar-refractivity contribution in [1.82, 2.24) is 4.98 Å². The number of carbonyl (C=O) groups is 1. The number of hydrogen-bond donors (Lipinski definition) is 2. The molecular formula is C10H4ClF2NO3. The van der Waals surface area contributed by atoms with Crippen molar-refractivity contribution >= 4 is 28.5 Å². The standard InChI is InChI=1S/C10H4ClF2NO3/c11-6-7(13)5(12)1-3-8(6)14-2-4(9(3)15)10(16)17/h1-2H,(H,14,15)(H,16,17). The number of aromatic carboxylic acids is 1. The topological polar surface area (TPSA) is 70.2 Å². The maximum atomic E-state index is 13.1. The minimum absolute atomic E-state index is 0.138. The molecule has 1 aromatic carbocycles. The van der Waals surface area contributed by atoms with E-state index < -0.39 is 33.6 Å². The van der Waals surface area contributed by atoms with Crippen LogP contribution in [0.3, 0.4) is 0 Å². The second-order valence-electron chi connectivity index (χ2n) is 3.25. The second-order valence-corrected chi connectivity index (χ2v) is 3.62. The first-order chi connectivity index (χ1) is 7.93. The monoisotopic (exact) mass is 259 g/mol. The molecule has 0 aliphatic heterocycles. The third-order valence-electron chi connectivity index (χ3n) is 2.24. The van der Waals surface area contributed by atoms with Crippen LogP contribution in [-0.4, -0.2) is 16.1 Å². The second kappa shape index (κ2) is 3.81. The number of carboxylic acid groups (broad SMARTS) is 1. The molecule has 0 amide bonds. The highest BCUT2D eigenvalue weighted by Gasteiger charge is 2.17. The summed E-state index contributed by atoms with van der Waals surface area (Å²) in [5, 5.41) is 7.80. The molecule has 7 heteroatoms. The Labute approximate surface area is 97.4 Å². The van der Waals surface area contributed by atoms with E-state index in [0.29, 0.717) is 6.07 Å². The van der Waals surface area contributed by atoms with Crippen LogP contribution in [0.2, 0.25) is 5.02 Å². The van der Waals surface area contributed by atoms with Crippen molar-refractivity contribution < 1.29 is 18.7 Å². The third-order valence-corrected chi connectivity index (χ3v) is 2.60. The summed E-state index contributed by atoms with van der Waals surface area (Å²) in [7, 11) is 0. The maximum Gasteiger partial charge on any atom is 0.341 e. The normalized spacial score (nSPS) is 10.8. The van der Waals surface area contributed by atoms with Gasteiger partial charge in [0.05, 0.1) is 10.9 Å². The van der Waals surface area contributed by atoms with Crippen LogP contribution in [-0.2, 0) is 0 Å². The molecule has 0 aliphatic rings. The number of nitrogens with one attached hydrogen (secondary N) is 1. The third kappa shape index (κ3) is 1.66. The zero-order valence-electron chi connectivity index (χ0n) is 8.05. The number of aromatic amines is 1. The van der Waals surface area contributed by atoms with Crippen LogP contribution in [0.5, 0.6) is 0 Å². The molecule has 1 aromatic heterocycles. The van der Waals surface area contributed by atoms with Crippen molar-refractivity contribution in [2.75, 3.05) is 0 Å². The van der Waals surface area contributed by atoms with E-state index in [2.05, 4.69) is 4.98 Å². The van der Waals surface area contributed by atoms with Gasteiger partial charge in [0, 0.05) is 6.20 Å². The van der Waals surface area contributed by atoms with Crippen LogP contribution in [0, 0.1) is 11.6 Å². The summed E-state index contributed by atoms with van der Waals surface area (Å²) in [5.74, 6) is -4.07. The van der Waals surface area contributed by atoms with Gasteiger partial charge in [-0.3, -0.25) is 4.79 Å². The number of benzene rings is 1. The van der Waals surface area contributed by atoms with Gasteiger partial charge in [0.15, 0.2) is 11.6 Å². The first-order valence-electron chi connectivity index (χ1n) is 4.35. The van der Waals surface area contributed by atoms with Gasteiger partial charge in [-0.05, 0) is 6.07 Å². The highest BCUT2D eigenvalue weighted by molar-refractivity contribution is 6.35. The molecule has 2 rings (SSSR count). The van der Waals surface area contributed by atoms with E-state index in [4.69, 9.17) is 16.7 Å². The van der Waals surface area contributed by atoms with Gasteiger partial charge in [-0.25, -0.2) is 13.6 Å². The smallest absolute Gasteiger partial charge is 0.341 e. The summed E-state index contributed by atoms with van der Waals surface area (Å²) in [6.45, 7) is 0. The maximum absolute atomic E-state index is 13.1. The minimum Gasteiger partial charge on any atom is -0.477 e. The van der Waals surface area contributed by atoms with Crippen LogP contribution in [0.25, 0.3) is 10.9 Å². The van der Waals surface area contributed by atoms with Gasteiger partial charge < -0.3 is 10.1 Å². The van der Waals surface area contributed by atoms with Crippen molar-refractivity contribution in [3.63, 3.8) is 0 Å². The number of carboxylic acids is 1. The van der Waals surface area contributed by atoms with Gasteiger partial charge in [-0.15, -0.1) is 0 Å². The number of rotatable bonds is 1. The molecular weight excluding hydrogens is 256 g/mol. The summed E-state index contributed by atoms with van der Waals surface area (Å²) < 4.78 is 26.2.